The van der Waals surface area contributed by atoms with Gasteiger partial charge in [0.1, 0.15) is 6.29 Å². The van der Waals surface area contributed by atoms with Crippen LogP contribution in [0.3, 0.4) is 0 Å². The van der Waals surface area contributed by atoms with Crippen molar-refractivity contribution in [2.24, 2.45) is 0 Å². The zero-order chi connectivity index (χ0) is 13.2. The lowest BCUT2D eigenvalue weighted by Crippen LogP contribution is -2.01. The van der Waals surface area contributed by atoms with Crippen molar-refractivity contribution in [3.8, 4) is 17.6 Å². The molecule has 0 N–H and O–H groups in total. The molecule has 0 atom stereocenters. The predicted molar refractivity (Wildman–Crippen MR) is 68.0 cm³/mol. The van der Waals surface area contributed by atoms with Crippen molar-refractivity contribution < 1.29 is 14.3 Å². The number of ether oxygens (including phenoxy) is 2. The third kappa shape index (κ3) is 4.46. The first-order chi connectivity index (χ1) is 8.81. The van der Waals surface area contributed by atoms with Gasteiger partial charge in [0.05, 0.1) is 19.3 Å². The number of carbonyl (C=O) groups excluding carboxylic acids is 1. The van der Waals surface area contributed by atoms with Crippen LogP contribution in [0.4, 0.5) is 0 Å². The molecule has 0 heterocycles. The van der Waals surface area contributed by atoms with Crippen LogP contribution in [0.25, 0.3) is 0 Å². The standard InChI is InChI=1S/C14H17NO3/c1-2-17-14-10-12(11-16)6-7-13(14)18-9-5-3-4-8-15/h6-7,10-11H,2-5,9H2,1H3. The lowest BCUT2D eigenvalue weighted by Gasteiger charge is -2.11. The Morgan fingerprint density at radius 3 is 2.78 bits per heavy atom. The molecule has 0 spiro atoms. The number of aldehydes is 1. The van der Waals surface area contributed by atoms with Crippen LogP contribution in [0, 0.1) is 11.3 Å². The van der Waals surface area contributed by atoms with E-state index in [2.05, 4.69) is 6.07 Å². The first-order valence-electron chi connectivity index (χ1n) is 6.03. The van der Waals surface area contributed by atoms with Crippen molar-refractivity contribution in [2.75, 3.05) is 13.2 Å². The molecule has 0 aliphatic heterocycles. The first kappa shape index (κ1) is 14.0. The number of nitrogens with zero attached hydrogens (tertiary/aromatic N) is 1. The zero-order valence-corrected chi connectivity index (χ0v) is 10.5. The van der Waals surface area contributed by atoms with Crippen LogP contribution < -0.4 is 9.47 Å². The molecule has 0 unspecified atom stereocenters. The maximum atomic E-state index is 10.7. The van der Waals surface area contributed by atoms with E-state index in [0.29, 0.717) is 36.7 Å². The van der Waals surface area contributed by atoms with Crippen molar-refractivity contribution >= 4 is 6.29 Å². The van der Waals surface area contributed by atoms with Crippen LogP contribution in [0.1, 0.15) is 36.5 Å². The van der Waals surface area contributed by atoms with Gasteiger partial charge in [0.15, 0.2) is 11.5 Å². The summed E-state index contributed by atoms with van der Waals surface area (Å²) in [6.45, 7) is 2.94. The molecule has 0 amide bonds. The summed E-state index contributed by atoms with van der Waals surface area (Å²) < 4.78 is 11.0. The number of nitriles is 1. The fraction of sp³-hybridized carbons (Fsp3) is 0.429. The second-order valence-corrected chi connectivity index (χ2v) is 3.72. The van der Waals surface area contributed by atoms with E-state index in [1.54, 1.807) is 18.2 Å². The Kier molecular flexibility index (Phi) is 6.34. The van der Waals surface area contributed by atoms with E-state index >= 15 is 0 Å². The third-order valence-corrected chi connectivity index (χ3v) is 2.34. The highest BCUT2D eigenvalue weighted by molar-refractivity contribution is 5.76. The largest absolute Gasteiger partial charge is 0.490 e. The van der Waals surface area contributed by atoms with Crippen LogP contribution in [0.2, 0.25) is 0 Å². The van der Waals surface area contributed by atoms with Gasteiger partial charge < -0.3 is 9.47 Å². The van der Waals surface area contributed by atoms with Gasteiger partial charge in [0.2, 0.25) is 0 Å². The second-order valence-electron chi connectivity index (χ2n) is 3.72. The molecule has 0 bridgehead atoms. The van der Waals surface area contributed by atoms with E-state index in [1.807, 2.05) is 6.92 Å². The number of rotatable bonds is 8. The Morgan fingerprint density at radius 2 is 2.11 bits per heavy atom. The highest BCUT2D eigenvalue weighted by Gasteiger charge is 2.06. The maximum absolute atomic E-state index is 10.7. The molecule has 4 heteroatoms. The summed E-state index contributed by atoms with van der Waals surface area (Å²) in [7, 11) is 0. The van der Waals surface area contributed by atoms with E-state index in [9.17, 15) is 4.79 Å². The summed E-state index contributed by atoms with van der Waals surface area (Å²) >= 11 is 0. The predicted octanol–water partition coefficient (Wildman–Crippen LogP) is 2.97. The number of carbonyl (C=O) groups is 1. The number of hydrogen-bond donors (Lipinski definition) is 0. The van der Waals surface area contributed by atoms with Gasteiger partial charge in [-0.05, 0) is 38.0 Å². The van der Waals surface area contributed by atoms with Gasteiger partial charge >= 0.3 is 0 Å². The summed E-state index contributed by atoms with van der Waals surface area (Å²) in [5.41, 5.74) is 0.565. The topological polar surface area (TPSA) is 59.3 Å². The Labute approximate surface area is 107 Å². The van der Waals surface area contributed by atoms with E-state index in [4.69, 9.17) is 14.7 Å². The molecular weight excluding hydrogens is 230 g/mol. The molecule has 0 aliphatic rings. The average Bonchev–Trinajstić information content (AvgIpc) is 2.40. The molecule has 0 radical (unpaired) electrons. The van der Waals surface area contributed by atoms with E-state index in [0.717, 1.165) is 19.1 Å². The summed E-state index contributed by atoms with van der Waals surface area (Å²) in [4.78, 5) is 10.7. The van der Waals surface area contributed by atoms with Crippen molar-refractivity contribution in [1.29, 1.82) is 5.26 Å². The molecular formula is C14H17NO3. The van der Waals surface area contributed by atoms with Gasteiger partial charge in [-0.15, -0.1) is 0 Å². The third-order valence-electron chi connectivity index (χ3n) is 2.34. The van der Waals surface area contributed by atoms with Gasteiger partial charge in [-0.25, -0.2) is 0 Å². The molecule has 18 heavy (non-hydrogen) atoms. The Balaban J connectivity index is 2.58. The lowest BCUT2D eigenvalue weighted by molar-refractivity contribution is 0.112. The molecule has 0 aliphatic carbocycles. The normalized spacial score (nSPS) is 9.56. The molecule has 0 saturated carbocycles. The van der Waals surface area contributed by atoms with E-state index in [1.165, 1.54) is 0 Å². The number of hydrogen-bond acceptors (Lipinski definition) is 4. The van der Waals surface area contributed by atoms with Crippen molar-refractivity contribution in [2.45, 2.75) is 26.2 Å². The Morgan fingerprint density at radius 1 is 1.28 bits per heavy atom. The molecule has 0 aromatic heterocycles. The zero-order valence-electron chi connectivity index (χ0n) is 10.5. The summed E-state index contributed by atoms with van der Waals surface area (Å²) in [5, 5.41) is 8.41. The smallest absolute Gasteiger partial charge is 0.161 e. The minimum Gasteiger partial charge on any atom is -0.490 e. The van der Waals surface area contributed by atoms with Gasteiger partial charge in [0, 0.05) is 12.0 Å². The Bertz CT molecular complexity index is 424. The van der Waals surface area contributed by atoms with Crippen molar-refractivity contribution in [1.82, 2.24) is 0 Å². The van der Waals surface area contributed by atoms with Crippen molar-refractivity contribution in [3.05, 3.63) is 23.8 Å². The summed E-state index contributed by atoms with van der Waals surface area (Å²) in [5.74, 6) is 1.22. The Hall–Kier alpha value is -2.02. The van der Waals surface area contributed by atoms with Gasteiger partial charge in [-0.1, -0.05) is 0 Å². The minimum atomic E-state index is 0.521. The van der Waals surface area contributed by atoms with Crippen LogP contribution in [-0.2, 0) is 0 Å². The summed E-state index contributed by atoms with van der Waals surface area (Å²) in [6.07, 6.45) is 2.98. The molecule has 0 fully saturated rings. The monoisotopic (exact) mass is 247 g/mol. The first-order valence-corrected chi connectivity index (χ1v) is 6.03. The van der Waals surface area contributed by atoms with E-state index in [-0.39, 0.29) is 0 Å². The van der Waals surface area contributed by atoms with Gasteiger partial charge in [-0.3, -0.25) is 4.79 Å². The molecule has 4 nitrogen and oxygen atoms in total. The van der Waals surface area contributed by atoms with Gasteiger partial charge in [-0.2, -0.15) is 5.26 Å². The lowest BCUT2D eigenvalue weighted by atomic mass is 10.2. The minimum absolute atomic E-state index is 0.521. The van der Waals surface area contributed by atoms with Crippen LogP contribution in [-0.4, -0.2) is 19.5 Å². The molecule has 1 aromatic carbocycles. The van der Waals surface area contributed by atoms with E-state index < -0.39 is 0 Å². The summed E-state index contributed by atoms with van der Waals surface area (Å²) in [6, 6.07) is 7.19. The van der Waals surface area contributed by atoms with Crippen molar-refractivity contribution in [3.63, 3.8) is 0 Å². The SMILES string of the molecule is CCOc1cc(C=O)ccc1OCCCCC#N. The quantitative estimate of drug-likeness (QED) is 0.523. The van der Waals surface area contributed by atoms with Crippen LogP contribution in [0.5, 0.6) is 11.5 Å². The maximum Gasteiger partial charge on any atom is 0.161 e. The highest BCUT2D eigenvalue weighted by Crippen LogP contribution is 2.28. The van der Waals surface area contributed by atoms with Crippen LogP contribution in [0.15, 0.2) is 18.2 Å². The molecule has 1 aromatic rings. The number of benzene rings is 1. The number of unbranched alkanes of at least 4 members (excludes halogenated alkanes) is 2. The molecule has 1 rings (SSSR count). The van der Waals surface area contributed by atoms with Gasteiger partial charge in [0.25, 0.3) is 0 Å². The second kappa shape index (κ2) is 8.13. The highest BCUT2D eigenvalue weighted by atomic mass is 16.5. The molecule has 96 valence electrons. The average molecular weight is 247 g/mol. The fourth-order valence-electron chi connectivity index (χ4n) is 1.47. The fourth-order valence-corrected chi connectivity index (χ4v) is 1.47. The molecule has 0 saturated heterocycles. The van der Waals surface area contributed by atoms with Crippen LogP contribution >= 0.6 is 0 Å².